The Kier molecular flexibility index (Phi) is 3.31. The molecule has 0 saturated carbocycles. The van der Waals surface area contributed by atoms with E-state index in [4.69, 9.17) is 25.9 Å². The topological polar surface area (TPSA) is 59.7 Å². The quantitative estimate of drug-likeness (QED) is 0.748. The largest absolute Gasteiger partial charge is 0.478 e. The number of aryl methyl sites for hydroxylation is 1. The van der Waals surface area contributed by atoms with Gasteiger partial charge < -0.3 is 14.3 Å². The Morgan fingerprint density at radius 1 is 1.24 bits per heavy atom. The van der Waals surface area contributed by atoms with Gasteiger partial charge in [0, 0.05) is 11.5 Å². The minimum atomic E-state index is -1.07. The van der Waals surface area contributed by atoms with Gasteiger partial charge in [0.1, 0.15) is 5.75 Å². The van der Waals surface area contributed by atoms with Crippen molar-refractivity contribution in [2.75, 3.05) is 0 Å². The normalized spacial score (nSPS) is 10.8. The maximum atomic E-state index is 10.9. The predicted molar refractivity (Wildman–Crippen MR) is 79.4 cm³/mol. The second kappa shape index (κ2) is 5.14. The van der Waals surface area contributed by atoms with Crippen LogP contribution in [-0.4, -0.2) is 11.1 Å². The van der Waals surface area contributed by atoms with E-state index in [1.807, 2.05) is 25.1 Å². The molecule has 0 atom stereocenters. The van der Waals surface area contributed by atoms with Crippen LogP contribution in [0.15, 0.2) is 47.1 Å². The Morgan fingerprint density at radius 3 is 2.76 bits per heavy atom. The molecule has 21 heavy (non-hydrogen) atoms. The summed E-state index contributed by atoms with van der Waals surface area (Å²) in [5.74, 6) is -0.0236. The highest BCUT2D eigenvalue weighted by molar-refractivity contribution is 6.33. The minimum absolute atomic E-state index is 0.0388. The van der Waals surface area contributed by atoms with Crippen LogP contribution in [0.1, 0.15) is 15.9 Å². The van der Waals surface area contributed by atoms with E-state index in [0.717, 1.165) is 10.9 Å². The molecule has 0 bridgehead atoms. The second-order valence-electron chi connectivity index (χ2n) is 4.60. The lowest BCUT2D eigenvalue weighted by Gasteiger charge is -2.10. The van der Waals surface area contributed by atoms with Crippen molar-refractivity contribution in [3.05, 3.63) is 58.8 Å². The highest BCUT2D eigenvalue weighted by Gasteiger charge is 2.13. The number of fused-ring (bicyclic) bond motifs is 1. The summed E-state index contributed by atoms with van der Waals surface area (Å²) in [6, 6.07) is 10.2. The Hall–Kier alpha value is -2.46. The summed E-state index contributed by atoms with van der Waals surface area (Å²) >= 11 is 5.94. The third-order valence-electron chi connectivity index (χ3n) is 3.16. The average molecular weight is 303 g/mol. The molecule has 0 spiro atoms. The molecule has 0 unspecified atom stereocenters. The van der Waals surface area contributed by atoms with Gasteiger partial charge in [0.25, 0.3) is 0 Å². The first-order chi connectivity index (χ1) is 10.1. The van der Waals surface area contributed by atoms with Crippen LogP contribution < -0.4 is 4.74 Å². The van der Waals surface area contributed by atoms with Gasteiger partial charge in [-0.15, -0.1) is 0 Å². The van der Waals surface area contributed by atoms with Crippen molar-refractivity contribution in [1.29, 1.82) is 0 Å². The number of halogens is 1. The van der Waals surface area contributed by atoms with Crippen molar-refractivity contribution >= 4 is 28.5 Å². The molecule has 1 heterocycles. The van der Waals surface area contributed by atoms with Crippen LogP contribution in [0, 0.1) is 6.92 Å². The molecule has 3 aromatic rings. The SMILES string of the molecule is Cc1ccc2ccoc2c1Oc1ccc(C(=O)O)c(Cl)c1. The zero-order valence-electron chi connectivity index (χ0n) is 11.1. The summed E-state index contributed by atoms with van der Waals surface area (Å²) < 4.78 is 11.3. The van der Waals surface area contributed by atoms with Crippen molar-refractivity contribution in [3.63, 3.8) is 0 Å². The van der Waals surface area contributed by atoms with Gasteiger partial charge in [-0.3, -0.25) is 0 Å². The lowest BCUT2D eigenvalue weighted by Crippen LogP contribution is -1.97. The van der Waals surface area contributed by atoms with Crippen LogP contribution in [0.5, 0.6) is 11.5 Å². The summed E-state index contributed by atoms with van der Waals surface area (Å²) in [4.78, 5) is 10.9. The molecule has 0 aliphatic rings. The molecule has 0 saturated heterocycles. The first kappa shape index (κ1) is 13.5. The van der Waals surface area contributed by atoms with Gasteiger partial charge >= 0.3 is 5.97 Å². The fraction of sp³-hybridized carbons (Fsp3) is 0.0625. The highest BCUT2D eigenvalue weighted by Crippen LogP contribution is 2.35. The standard InChI is InChI=1S/C16H11ClO4/c1-9-2-3-10-6-7-20-15(10)14(9)21-11-4-5-12(16(18)19)13(17)8-11/h2-8H,1H3,(H,18,19). The third kappa shape index (κ3) is 2.45. The molecule has 4 nitrogen and oxygen atoms in total. The number of carboxylic acid groups (broad SMARTS) is 1. The number of ether oxygens (including phenoxy) is 1. The molecule has 0 amide bonds. The molecule has 5 heteroatoms. The fourth-order valence-electron chi connectivity index (χ4n) is 2.08. The summed E-state index contributed by atoms with van der Waals surface area (Å²) in [5, 5.41) is 10.0. The smallest absolute Gasteiger partial charge is 0.337 e. The number of benzene rings is 2. The van der Waals surface area contributed by atoms with E-state index in [1.54, 1.807) is 12.3 Å². The van der Waals surface area contributed by atoms with Crippen molar-refractivity contribution in [3.8, 4) is 11.5 Å². The number of rotatable bonds is 3. The van der Waals surface area contributed by atoms with Crippen molar-refractivity contribution < 1.29 is 19.1 Å². The van der Waals surface area contributed by atoms with E-state index in [2.05, 4.69) is 0 Å². The monoisotopic (exact) mass is 302 g/mol. The van der Waals surface area contributed by atoms with Gasteiger partial charge in [0.2, 0.25) is 0 Å². The van der Waals surface area contributed by atoms with Gasteiger partial charge in [-0.25, -0.2) is 4.79 Å². The number of carbonyl (C=O) groups is 1. The number of hydrogen-bond acceptors (Lipinski definition) is 3. The van der Waals surface area contributed by atoms with Crippen LogP contribution in [-0.2, 0) is 0 Å². The third-order valence-corrected chi connectivity index (χ3v) is 3.48. The van der Waals surface area contributed by atoms with Crippen LogP contribution in [0.4, 0.5) is 0 Å². The van der Waals surface area contributed by atoms with E-state index >= 15 is 0 Å². The van der Waals surface area contributed by atoms with Crippen molar-refractivity contribution in [2.24, 2.45) is 0 Å². The fourth-order valence-corrected chi connectivity index (χ4v) is 2.33. The Labute approximate surface area is 125 Å². The molecule has 2 aromatic carbocycles. The maximum absolute atomic E-state index is 10.9. The first-order valence-electron chi connectivity index (χ1n) is 6.24. The van der Waals surface area contributed by atoms with Gasteiger partial charge in [-0.2, -0.15) is 0 Å². The molecular weight excluding hydrogens is 292 g/mol. The lowest BCUT2D eigenvalue weighted by molar-refractivity contribution is 0.0697. The highest BCUT2D eigenvalue weighted by atomic mass is 35.5. The van der Waals surface area contributed by atoms with Crippen molar-refractivity contribution in [1.82, 2.24) is 0 Å². The number of furan rings is 1. The van der Waals surface area contributed by atoms with Gasteiger partial charge in [-0.1, -0.05) is 23.7 Å². The summed E-state index contributed by atoms with van der Waals surface area (Å²) in [7, 11) is 0. The Bertz CT molecular complexity index is 835. The molecule has 0 aliphatic heterocycles. The molecule has 0 fully saturated rings. The summed E-state index contributed by atoms with van der Waals surface area (Å²) in [6.07, 6.45) is 1.59. The van der Waals surface area contributed by atoms with Crippen molar-refractivity contribution in [2.45, 2.75) is 6.92 Å². The van der Waals surface area contributed by atoms with Gasteiger partial charge in [-0.05, 0) is 30.7 Å². The summed E-state index contributed by atoms with van der Waals surface area (Å²) in [5.41, 5.74) is 1.60. The minimum Gasteiger partial charge on any atom is -0.478 e. The number of carboxylic acids is 1. The zero-order chi connectivity index (χ0) is 15.0. The molecular formula is C16H11ClO4. The van der Waals surface area contributed by atoms with Crippen LogP contribution >= 0.6 is 11.6 Å². The van der Waals surface area contributed by atoms with E-state index in [-0.39, 0.29) is 10.6 Å². The molecule has 3 rings (SSSR count). The van der Waals surface area contributed by atoms with E-state index < -0.39 is 5.97 Å². The molecule has 0 radical (unpaired) electrons. The first-order valence-corrected chi connectivity index (χ1v) is 6.61. The average Bonchev–Trinajstić information content (AvgIpc) is 2.90. The van der Waals surface area contributed by atoms with E-state index in [1.165, 1.54) is 12.1 Å². The zero-order valence-corrected chi connectivity index (χ0v) is 11.8. The Morgan fingerprint density at radius 2 is 2.05 bits per heavy atom. The Balaban J connectivity index is 2.03. The van der Waals surface area contributed by atoms with E-state index in [0.29, 0.717) is 17.1 Å². The number of hydrogen-bond donors (Lipinski definition) is 1. The maximum Gasteiger partial charge on any atom is 0.337 e. The van der Waals surface area contributed by atoms with Crippen LogP contribution in [0.2, 0.25) is 5.02 Å². The lowest BCUT2D eigenvalue weighted by atomic mass is 10.1. The second-order valence-corrected chi connectivity index (χ2v) is 5.01. The van der Waals surface area contributed by atoms with Crippen LogP contribution in [0.25, 0.3) is 11.0 Å². The molecule has 106 valence electrons. The summed E-state index contributed by atoms with van der Waals surface area (Å²) in [6.45, 7) is 1.91. The van der Waals surface area contributed by atoms with Gasteiger partial charge in [0.15, 0.2) is 11.3 Å². The van der Waals surface area contributed by atoms with Gasteiger partial charge in [0.05, 0.1) is 16.8 Å². The van der Waals surface area contributed by atoms with Crippen LogP contribution in [0.3, 0.4) is 0 Å². The molecule has 1 N–H and O–H groups in total. The molecule has 1 aromatic heterocycles. The predicted octanol–water partition coefficient (Wildman–Crippen LogP) is 4.89. The molecule has 0 aliphatic carbocycles. The number of aromatic carboxylic acids is 1. The van der Waals surface area contributed by atoms with E-state index in [9.17, 15) is 4.79 Å².